The molecule has 0 atom stereocenters. The van der Waals surface area contributed by atoms with Crippen molar-refractivity contribution in [1.82, 2.24) is 0 Å². The van der Waals surface area contributed by atoms with Crippen molar-refractivity contribution in [3.05, 3.63) is 42.0 Å². The van der Waals surface area contributed by atoms with Gasteiger partial charge in [0.2, 0.25) is 0 Å². The van der Waals surface area contributed by atoms with Crippen LogP contribution >= 0.6 is 0 Å². The number of benzene rings is 2. The molecule has 0 saturated heterocycles. The third kappa shape index (κ3) is 1.86. The summed E-state index contributed by atoms with van der Waals surface area (Å²) in [5, 5.41) is 5.13. The monoisotopic (exact) mass is 254 g/mol. The molecule has 1 heterocycles. The Bertz CT molecular complexity index is 705. The highest BCUT2D eigenvalue weighted by Crippen LogP contribution is 2.34. The second kappa shape index (κ2) is 4.55. The minimum absolute atomic E-state index is 0.524. The van der Waals surface area contributed by atoms with Crippen molar-refractivity contribution >= 4 is 28.6 Å². The molecule has 5 nitrogen and oxygen atoms in total. The minimum atomic E-state index is -0.655. The molecule has 1 aliphatic rings. The van der Waals surface area contributed by atoms with E-state index >= 15 is 0 Å². The lowest BCUT2D eigenvalue weighted by Crippen LogP contribution is -2.28. The van der Waals surface area contributed by atoms with E-state index in [9.17, 15) is 9.59 Å². The molecule has 0 saturated carbocycles. The summed E-state index contributed by atoms with van der Waals surface area (Å²) in [6.07, 6.45) is 1.29. The van der Waals surface area contributed by atoms with Crippen LogP contribution in [0.15, 0.2) is 41.6 Å². The fourth-order valence-corrected chi connectivity index (χ4v) is 2.48. The van der Waals surface area contributed by atoms with Crippen LogP contribution in [0.2, 0.25) is 0 Å². The fraction of sp³-hybridized carbons (Fsp3) is 0.143. The van der Waals surface area contributed by atoms with Crippen molar-refractivity contribution < 1.29 is 14.4 Å². The standard InChI is InChI=1S/C14H10N2O3/c17-9-15-19-14(18)16-8-7-12-11-4-2-1-3-10(11)5-6-13(12)16/h1-6H,7-8H2. The number of isocyanates is 1. The van der Waals surface area contributed by atoms with Crippen LogP contribution in [-0.2, 0) is 16.1 Å². The van der Waals surface area contributed by atoms with E-state index in [-0.39, 0.29) is 0 Å². The summed E-state index contributed by atoms with van der Waals surface area (Å²) in [5.41, 5.74) is 1.93. The first kappa shape index (κ1) is 11.4. The van der Waals surface area contributed by atoms with E-state index in [4.69, 9.17) is 0 Å². The largest absolute Gasteiger partial charge is 0.441 e. The highest BCUT2D eigenvalue weighted by molar-refractivity contribution is 5.98. The Morgan fingerprint density at radius 1 is 1.26 bits per heavy atom. The molecule has 0 fully saturated rings. The van der Waals surface area contributed by atoms with E-state index in [0.717, 1.165) is 28.4 Å². The SMILES string of the molecule is O=C=NOC(=O)N1CCc2c1ccc1ccccc21. The van der Waals surface area contributed by atoms with E-state index in [2.05, 4.69) is 9.99 Å². The van der Waals surface area contributed by atoms with Crippen molar-refractivity contribution in [3.63, 3.8) is 0 Å². The number of hydrogen-bond acceptors (Lipinski definition) is 4. The number of anilines is 1. The maximum atomic E-state index is 11.7. The molecule has 94 valence electrons. The smallest absolute Gasteiger partial charge is 0.286 e. The maximum absolute atomic E-state index is 11.7. The lowest BCUT2D eigenvalue weighted by atomic mass is 10.0. The van der Waals surface area contributed by atoms with Gasteiger partial charge in [-0.25, -0.2) is 9.59 Å². The van der Waals surface area contributed by atoms with Crippen molar-refractivity contribution in [2.24, 2.45) is 5.16 Å². The van der Waals surface area contributed by atoms with Gasteiger partial charge in [-0.3, -0.25) is 9.74 Å². The van der Waals surface area contributed by atoms with Gasteiger partial charge in [0.25, 0.3) is 6.08 Å². The minimum Gasteiger partial charge on any atom is -0.286 e. The Balaban J connectivity index is 2.03. The van der Waals surface area contributed by atoms with Gasteiger partial charge in [-0.1, -0.05) is 30.3 Å². The van der Waals surface area contributed by atoms with E-state index in [1.165, 1.54) is 11.0 Å². The maximum Gasteiger partial charge on any atom is 0.441 e. The van der Waals surface area contributed by atoms with E-state index in [1.54, 1.807) is 0 Å². The Labute approximate surface area is 109 Å². The average Bonchev–Trinajstić information content (AvgIpc) is 2.89. The van der Waals surface area contributed by atoms with E-state index in [0.29, 0.717) is 6.54 Å². The average molecular weight is 254 g/mol. The second-order valence-corrected chi connectivity index (χ2v) is 4.23. The number of nitrogens with zero attached hydrogens (tertiary/aromatic N) is 2. The van der Waals surface area contributed by atoms with Crippen molar-refractivity contribution in [2.75, 3.05) is 11.4 Å². The van der Waals surface area contributed by atoms with Crippen LogP contribution < -0.4 is 4.90 Å². The van der Waals surface area contributed by atoms with E-state index in [1.807, 2.05) is 36.4 Å². The van der Waals surface area contributed by atoms with Gasteiger partial charge in [0, 0.05) is 11.7 Å². The summed E-state index contributed by atoms with van der Waals surface area (Å²) < 4.78 is 0. The Hall–Kier alpha value is -2.65. The van der Waals surface area contributed by atoms with Crippen LogP contribution in [0.3, 0.4) is 0 Å². The van der Waals surface area contributed by atoms with Gasteiger partial charge in [-0.05, 0) is 28.8 Å². The molecule has 0 radical (unpaired) electrons. The number of carbonyl (C=O) groups is 1. The van der Waals surface area contributed by atoms with Crippen LogP contribution in [0.4, 0.5) is 10.5 Å². The molecule has 2 aromatic rings. The summed E-state index contributed by atoms with van der Waals surface area (Å²) >= 11 is 0. The molecular weight excluding hydrogens is 244 g/mol. The summed E-state index contributed by atoms with van der Waals surface area (Å²) in [6.45, 7) is 0.524. The number of rotatable bonds is 1. The molecule has 0 unspecified atom stereocenters. The zero-order valence-corrected chi connectivity index (χ0v) is 10.00. The summed E-state index contributed by atoms with van der Waals surface area (Å²) in [4.78, 5) is 27.6. The van der Waals surface area contributed by atoms with Crippen LogP contribution in [0.5, 0.6) is 0 Å². The quantitative estimate of drug-likeness (QED) is 0.340. The van der Waals surface area contributed by atoms with Gasteiger partial charge in [0.05, 0.1) is 5.69 Å². The lowest BCUT2D eigenvalue weighted by Gasteiger charge is -2.14. The highest BCUT2D eigenvalue weighted by Gasteiger charge is 2.27. The molecular formula is C14H10N2O3. The van der Waals surface area contributed by atoms with Crippen molar-refractivity contribution in [3.8, 4) is 0 Å². The van der Waals surface area contributed by atoms with Gasteiger partial charge >= 0.3 is 6.09 Å². The van der Waals surface area contributed by atoms with Gasteiger partial charge in [-0.15, -0.1) is 0 Å². The molecule has 0 aliphatic carbocycles. The Morgan fingerprint density at radius 3 is 2.95 bits per heavy atom. The Morgan fingerprint density at radius 2 is 2.11 bits per heavy atom. The fourth-order valence-electron chi connectivity index (χ4n) is 2.48. The highest BCUT2D eigenvalue weighted by atomic mass is 16.7. The van der Waals surface area contributed by atoms with Crippen LogP contribution in [0.1, 0.15) is 5.56 Å². The third-order valence-corrected chi connectivity index (χ3v) is 3.27. The third-order valence-electron chi connectivity index (χ3n) is 3.27. The molecule has 0 bridgehead atoms. The van der Waals surface area contributed by atoms with E-state index < -0.39 is 6.09 Å². The van der Waals surface area contributed by atoms with Crippen LogP contribution in [0.25, 0.3) is 10.8 Å². The van der Waals surface area contributed by atoms with Gasteiger partial charge < -0.3 is 0 Å². The lowest BCUT2D eigenvalue weighted by molar-refractivity contribution is 0.158. The summed E-state index contributed by atoms with van der Waals surface area (Å²) in [5.74, 6) is 0. The first-order valence-electron chi connectivity index (χ1n) is 5.87. The molecule has 3 rings (SSSR count). The molecule has 2 aromatic carbocycles. The predicted octanol–water partition coefficient (Wildman–Crippen LogP) is 2.59. The Kier molecular flexibility index (Phi) is 2.74. The van der Waals surface area contributed by atoms with Crippen LogP contribution in [0, 0.1) is 0 Å². The summed E-state index contributed by atoms with van der Waals surface area (Å²) in [6, 6.07) is 11.9. The van der Waals surface area contributed by atoms with Crippen molar-refractivity contribution in [2.45, 2.75) is 6.42 Å². The predicted molar refractivity (Wildman–Crippen MR) is 69.6 cm³/mol. The summed E-state index contributed by atoms with van der Waals surface area (Å²) in [7, 11) is 0. The molecule has 0 aromatic heterocycles. The number of fused-ring (bicyclic) bond motifs is 3. The first-order chi connectivity index (χ1) is 9.31. The number of carbonyl (C=O) groups excluding carboxylic acids is 2. The molecule has 1 amide bonds. The van der Waals surface area contributed by atoms with Gasteiger partial charge in [-0.2, -0.15) is 0 Å². The molecule has 1 aliphatic heterocycles. The molecule has 19 heavy (non-hydrogen) atoms. The zero-order valence-electron chi connectivity index (χ0n) is 10.00. The second-order valence-electron chi connectivity index (χ2n) is 4.23. The molecule has 0 spiro atoms. The van der Waals surface area contributed by atoms with Gasteiger partial charge in [0.15, 0.2) is 0 Å². The zero-order chi connectivity index (χ0) is 13.2. The number of amides is 1. The van der Waals surface area contributed by atoms with Gasteiger partial charge in [0.1, 0.15) is 0 Å². The van der Waals surface area contributed by atoms with Crippen LogP contribution in [-0.4, -0.2) is 18.7 Å². The normalized spacial score (nSPS) is 12.9. The topological polar surface area (TPSA) is 59.0 Å². The molecule has 0 N–H and O–H groups in total. The number of hydrogen-bond donors (Lipinski definition) is 0. The first-order valence-corrected chi connectivity index (χ1v) is 5.87. The molecule has 5 heteroatoms. The van der Waals surface area contributed by atoms with Crippen molar-refractivity contribution in [1.29, 1.82) is 0 Å².